The van der Waals surface area contributed by atoms with Crippen molar-refractivity contribution in [2.24, 2.45) is 0 Å². The minimum Gasteiger partial charge on any atom is -0.379 e. The van der Waals surface area contributed by atoms with E-state index in [4.69, 9.17) is 4.18 Å². The Morgan fingerprint density at radius 2 is 1.87 bits per heavy atom. The number of benzene rings is 2. The van der Waals surface area contributed by atoms with Crippen molar-refractivity contribution in [1.29, 1.82) is 0 Å². The van der Waals surface area contributed by atoms with E-state index < -0.39 is 16.1 Å². The molecular formula is C16H18N2O4S. The number of amides is 2. The summed E-state index contributed by atoms with van der Waals surface area (Å²) < 4.78 is 29.9. The molecule has 0 spiro atoms. The van der Waals surface area contributed by atoms with Crippen LogP contribution in [-0.4, -0.2) is 21.0 Å². The van der Waals surface area contributed by atoms with Gasteiger partial charge in [0.25, 0.3) is 0 Å². The van der Waals surface area contributed by atoms with E-state index in [0.29, 0.717) is 17.8 Å². The second kappa shape index (κ2) is 7.15. The Bertz CT molecular complexity index is 803. The normalized spacial score (nSPS) is 10.9. The van der Waals surface area contributed by atoms with E-state index in [9.17, 15) is 13.2 Å². The molecule has 0 saturated carbocycles. The van der Waals surface area contributed by atoms with Crippen LogP contribution in [0.15, 0.2) is 53.4 Å². The van der Waals surface area contributed by atoms with Crippen LogP contribution in [0.5, 0.6) is 5.75 Å². The van der Waals surface area contributed by atoms with Gasteiger partial charge in [-0.25, -0.2) is 4.79 Å². The second-order valence-electron chi connectivity index (χ2n) is 4.82. The lowest BCUT2D eigenvalue weighted by Gasteiger charge is -2.11. The first-order valence-corrected chi connectivity index (χ1v) is 8.48. The average molecular weight is 334 g/mol. The van der Waals surface area contributed by atoms with Gasteiger partial charge in [0, 0.05) is 12.2 Å². The lowest BCUT2D eigenvalue weighted by molar-refractivity contribution is 0.252. The number of hydrogen-bond acceptors (Lipinski definition) is 4. The summed E-state index contributed by atoms with van der Waals surface area (Å²) in [5.41, 5.74) is 1.08. The summed E-state index contributed by atoms with van der Waals surface area (Å²) >= 11 is 0. The topological polar surface area (TPSA) is 84.5 Å². The Morgan fingerprint density at radius 1 is 1.13 bits per heavy atom. The molecule has 0 fully saturated rings. The third-order valence-corrected chi connectivity index (χ3v) is 4.24. The standard InChI is InChI=1S/C16H18N2O4S/c1-3-17-16(19)18-13-8-6-9-14(11-13)23(20,21)22-15-10-5-4-7-12(15)2/h4-11H,3H2,1-2H3,(H2,17,18,19). The molecule has 0 unspecified atom stereocenters. The number of carbonyl (C=O) groups excluding carboxylic acids is 1. The number of rotatable bonds is 5. The van der Waals surface area contributed by atoms with Crippen molar-refractivity contribution < 1.29 is 17.4 Å². The maximum absolute atomic E-state index is 12.4. The zero-order valence-electron chi connectivity index (χ0n) is 12.9. The predicted octanol–water partition coefficient (Wildman–Crippen LogP) is 2.90. The molecule has 0 aromatic heterocycles. The molecule has 0 bridgehead atoms. The Balaban J connectivity index is 2.23. The molecule has 0 heterocycles. The monoisotopic (exact) mass is 334 g/mol. The largest absolute Gasteiger partial charge is 0.379 e. The van der Waals surface area contributed by atoms with Crippen LogP contribution in [0.2, 0.25) is 0 Å². The van der Waals surface area contributed by atoms with Crippen molar-refractivity contribution in [3.63, 3.8) is 0 Å². The molecule has 7 heteroatoms. The molecule has 122 valence electrons. The number of anilines is 1. The molecule has 23 heavy (non-hydrogen) atoms. The van der Waals surface area contributed by atoms with Crippen LogP contribution in [0.4, 0.5) is 10.5 Å². The predicted molar refractivity (Wildman–Crippen MR) is 88.1 cm³/mol. The van der Waals surface area contributed by atoms with E-state index in [0.717, 1.165) is 0 Å². The summed E-state index contributed by atoms with van der Waals surface area (Å²) in [5.74, 6) is 0.273. The summed E-state index contributed by atoms with van der Waals surface area (Å²) in [7, 11) is -3.98. The van der Waals surface area contributed by atoms with Crippen LogP contribution < -0.4 is 14.8 Å². The highest BCUT2D eigenvalue weighted by molar-refractivity contribution is 7.87. The number of aryl methyl sites for hydroxylation is 1. The molecule has 0 aliphatic carbocycles. The Labute approximate surface area is 135 Å². The maximum atomic E-state index is 12.4. The Kier molecular flexibility index (Phi) is 5.23. The lowest BCUT2D eigenvalue weighted by Crippen LogP contribution is -2.28. The molecule has 0 saturated heterocycles. The average Bonchev–Trinajstić information content (AvgIpc) is 2.50. The van der Waals surface area contributed by atoms with Gasteiger partial charge in [0.1, 0.15) is 10.6 Å². The molecule has 0 radical (unpaired) electrons. The zero-order chi connectivity index (χ0) is 16.9. The Morgan fingerprint density at radius 3 is 2.57 bits per heavy atom. The molecule has 6 nitrogen and oxygen atoms in total. The van der Waals surface area contributed by atoms with Crippen LogP contribution in [0.1, 0.15) is 12.5 Å². The minimum atomic E-state index is -3.98. The van der Waals surface area contributed by atoms with E-state index in [1.807, 2.05) is 0 Å². The van der Waals surface area contributed by atoms with Gasteiger partial charge >= 0.3 is 16.1 Å². The van der Waals surface area contributed by atoms with Gasteiger partial charge < -0.3 is 14.8 Å². The van der Waals surface area contributed by atoms with Gasteiger partial charge in [-0.1, -0.05) is 24.3 Å². The van der Waals surface area contributed by atoms with Crippen molar-refractivity contribution in [1.82, 2.24) is 5.32 Å². The number of urea groups is 1. The number of nitrogens with one attached hydrogen (secondary N) is 2. The van der Waals surface area contributed by atoms with E-state index in [1.54, 1.807) is 44.2 Å². The first kappa shape index (κ1) is 16.8. The van der Waals surface area contributed by atoms with Crippen molar-refractivity contribution in [2.75, 3.05) is 11.9 Å². The first-order chi connectivity index (χ1) is 10.9. The molecule has 2 amide bonds. The van der Waals surface area contributed by atoms with E-state index in [2.05, 4.69) is 10.6 Å². The van der Waals surface area contributed by atoms with Crippen molar-refractivity contribution in [3.8, 4) is 5.75 Å². The van der Waals surface area contributed by atoms with Crippen molar-refractivity contribution in [3.05, 3.63) is 54.1 Å². The summed E-state index contributed by atoms with van der Waals surface area (Å²) in [6, 6.07) is 12.3. The van der Waals surface area contributed by atoms with Gasteiger partial charge in [0.2, 0.25) is 0 Å². The molecular weight excluding hydrogens is 316 g/mol. The van der Waals surface area contributed by atoms with Gasteiger partial charge in [-0.15, -0.1) is 0 Å². The highest BCUT2D eigenvalue weighted by Crippen LogP contribution is 2.23. The van der Waals surface area contributed by atoms with Crippen LogP contribution >= 0.6 is 0 Å². The lowest BCUT2D eigenvalue weighted by atomic mass is 10.2. The second-order valence-corrected chi connectivity index (χ2v) is 6.36. The van der Waals surface area contributed by atoms with Crippen molar-refractivity contribution in [2.45, 2.75) is 18.7 Å². The van der Waals surface area contributed by atoms with Crippen LogP contribution in [0.3, 0.4) is 0 Å². The van der Waals surface area contributed by atoms with Gasteiger partial charge in [-0.3, -0.25) is 0 Å². The number of hydrogen-bond donors (Lipinski definition) is 2. The van der Waals surface area contributed by atoms with E-state index in [1.165, 1.54) is 18.2 Å². The zero-order valence-corrected chi connectivity index (χ0v) is 13.7. The van der Waals surface area contributed by atoms with E-state index in [-0.39, 0.29) is 10.6 Å². The van der Waals surface area contributed by atoms with Crippen LogP contribution in [0.25, 0.3) is 0 Å². The van der Waals surface area contributed by atoms with Gasteiger partial charge in [-0.05, 0) is 43.7 Å². The fourth-order valence-corrected chi connectivity index (χ4v) is 2.92. The fraction of sp³-hybridized carbons (Fsp3) is 0.188. The van der Waals surface area contributed by atoms with Gasteiger partial charge in [-0.2, -0.15) is 8.42 Å². The minimum absolute atomic E-state index is 0.0324. The molecule has 2 aromatic rings. The van der Waals surface area contributed by atoms with Gasteiger partial charge in [0.05, 0.1) is 0 Å². The molecule has 0 atom stereocenters. The third-order valence-electron chi connectivity index (χ3n) is 3.01. The first-order valence-electron chi connectivity index (χ1n) is 7.07. The molecule has 0 aliphatic rings. The van der Waals surface area contributed by atoms with Crippen LogP contribution in [0, 0.1) is 6.92 Å². The summed E-state index contributed by atoms with van der Waals surface area (Å²) in [4.78, 5) is 11.5. The molecule has 2 aromatic carbocycles. The number of carbonyl (C=O) groups is 1. The third kappa shape index (κ3) is 4.46. The highest BCUT2D eigenvalue weighted by Gasteiger charge is 2.18. The molecule has 2 N–H and O–H groups in total. The SMILES string of the molecule is CCNC(=O)Nc1cccc(S(=O)(=O)Oc2ccccc2C)c1. The molecule has 2 rings (SSSR count). The van der Waals surface area contributed by atoms with Crippen LogP contribution in [-0.2, 0) is 10.1 Å². The summed E-state index contributed by atoms with van der Waals surface area (Å²) in [6.07, 6.45) is 0. The summed E-state index contributed by atoms with van der Waals surface area (Å²) in [6.45, 7) is 4.02. The Hall–Kier alpha value is -2.54. The molecule has 0 aliphatic heterocycles. The highest BCUT2D eigenvalue weighted by atomic mass is 32.2. The summed E-state index contributed by atoms with van der Waals surface area (Å²) in [5, 5.41) is 5.13. The van der Waals surface area contributed by atoms with E-state index >= 15 is 0 Å². The number of para-hydroxylation sites is 1. The maximum Gasteiger partial charge on any atom is 0.339 e. The van der Waals surface area contributed by atoms with Crippen molar-refractivity contribution >= 4 is 21.8 Å². The van der Waals surface area contributed by atoms with Gasteiger partial charge in [0.15, 0.2) is 0 Å². The smallest absolute Gasteiger partial charge is 0.339 e. The fourth-order valence-electron chi connectivity index (χ4n) is 1.88. The quantitative estimate of drug-likeness (QED) is 0.824.